The Hall–Kier alpha value is -4.21. The third-order valence-electron chi connectivity index (χ3n) is 5.72. The van der Waals surface area contributed by atoms with Crippen LogP contribution in [-0.2, 0) is 9.59 Å². The summed E-state index contributed by atoms with van der Waals surface area (Å²) < 4.78 is 65.3. The van der Waals surface area contributed by atoms with Crippen LogP contribution >= 0.6 is 0 Å². The number of aromatic nitrogens is 3. The van der Waals surface area contributed by atoms with Crippen LogP contribution in [0.2, 0.25) is 0 Å². The van der Waals surface area contributed by atoms with Crippen LogP contribution in [-0.4, -0.2) is 71.9 Å². The number of amides is 1. The molecule has 1 aliphatic heterocycles. The number of pyridine rings is 2. The van der Waals surface area contributed by atoms with Crippen molar-refractivity contribution in [3.05, 3.63) is 54.7 Å². The minimum Gasteiger partial charge on any atom is -0.475 e. The number of carboxylic acids is 2. The van der Waals surface area contributed by atoms with E-state index >= 15 is 0 Å². The van der Waals surface area contributed by atoms with Crippen molar-refractivity contribution < 1.29 is 50.9 Å². The lowest BCUT2D eigenvalue weighted by Crippen LogP contribution is -2.62. The summed E-state index contributed by atoms with van der Waals surface area (Å²) in [6.07, 6.45) is -3.05. The molecule has 0 spiro atoms. The molecule has 0 unspecified atom stereocenters. The number of imidazole rings is 1. The number of fused-ring (bicyclic) bond motifs is 1. The lowest BCUT2D eigenvalue weighted by atomic mass is 9.79. The summed E-state index contributed by atoms with van der Waals surface area (Å²) in [4.78, 5) is 39.7. The van der Waals surface area contributed by atoms with E-state index in [1.54, 1.807) is 12.4 Å². The van der Waals surface area contributed by atoms with Crippen molar-refractivity contribution in [2.75, 3.05) is 0 Å². The highest BCUT2D eigenvalue weighted by molar-refractivity contribution is 5.94. The number of nitrogens with zero attached hydrogens (tertiary/aromatic N) is 3. The van der Waals surface area contributed by atoms with E-state index in [4.69, 9.17) is 24.8 Å². The van der Waals surface area contributed by atoms with Gasteiger partial charge in [-0.25, -0.2) is 14.6 Å². The van der Waals surface area contributed by atoms with Crippen molar-refractivity contribution in [2.24, 2.45) is 0 Å². The van der Waals surface area contributed by atoms with Gasteiger partial charge in [-0.1, -0.05) is 6.07 Å². The molecule has 10 nitrogen and oxygen atoms in total. The first-order chi connectivity index (χ1) is 19.1. The van der Waals surface area contributed by atoms with Crippen LogP contribution in [0, 0.1) is 0 Å². The highest BCUT2D eigenvalue weighted by Gasteiger charge is 2.40. The van der Waals surface area contributed by atoms with Crippen molar-refractivity contribution in [2.45, 2.75) is 70.0 Å². The minimum atomic E-state index is -5.08. The molecule has 4 N–H and O–H groups in total. The van der Waals surface area contributed by atoms with E-state index in [9.17, 15) is 31.1 Å². The second kappa shape index (κ2) is 12.8. The molecule has 3 aromatic heterocycles. The Morgan fingerprint density at radius 3 is 1.83 bits per heavy atom. The Balaban J connectivity index is 0.000000367. The monoisotopic (exact) mass is 605 g/mol. The van der Waals surface area contributed by atoms with E-state index in [0.717, 1.165) is 29.6 Å². The van der Waals surface area contributed by atoms with Crippen LogP contribution < -0.4 is 10.6 Å². The van der Waals surface area contributed by atoms with E-state index in [0.29, 0.717) is 5.82 Å². The summed E-state index contributed by atoms with van der Waals surface area (Å²) in [6, 6.07) is 9.78. The number of nitrogens with one attached hydrogen (secondary N) is 2. The lowest BCUT2D eigenvalue weighted by molar-refractivity contribution is -0.193. The van der Waals surface area contributed by atoms with E-state index in [1.165, 1.54) is 0 Å². The molecule has 230 valence electrons. The van der Waals surface area contributed by atoms with E-state index in [1.807, 2.05) is 40.9 Å². The number of rotatable bonds is 3. The fourth-order valence-electron chi connectivity index (χ4n) is 4.59. The Morgan fingerprint density at radius 1 is 0.905 bits per heavy atom. The smallest absolute Gasteiger partial charge is 0.475 e. The van der Waals surface area contributed by atoms with Gasteiger partial charge in [0.2, 0.25) is 5.82 Å². The van der Waals surface area contributed by atoms with Crippen LogP contribution in [0.3, 0.4) is 0 Å². The molecule has 1 aliphatic rings. The molecule has 0 radical (unpaired) electrons. The number of carbonyl (C=O) groups is 3. The third-order valence-corrected chi connectivity index (χ3v) is 5.72. The lowest BCUT2D eigenvalue weighted by Gasteiger charge is -2.46. The molecule has 3 aromatic rings. The fourth-order valence-corrected chi connectivity index (χ4v) is 4.59. The summed E-state index contributed by atoms with van der Waals surface area (Å²) in [5.41, 5.74) is 2.58. The quantitative estimate of drug-likeness (QED) is 0.315. The van der Waals surface area contributed by atoms with Crippen molar-refractivity contribution >= 4 is 23.4 Å². The molecule has 0 aromatic carbocycles. The second-order valence-corrected chi connectivity index (χ2v) is 10.6. The Labute approximate surface area is 235 Å². The summed E-state index contributed by atoms with van der Waals surface area (Å²) >= 11 is 0. The van der Waals surface area contributed by atoms with Crippen LogP contribution in [0.15, 0.2) is 48.9 Å². The molecule has 4 heterocycles. The summed E-state index contributed by atoms with van der Waals surface area (Å²) in [6.45, 7) is 8.72. The van der Waals surface area contributed by atoms with Gasteiger partial charge in [-0.2, -0.15) is 26.3 Å². The van der Waals surface area contributed by atoms with Gasteiger partial charge in [-0.15, -0.1) is 0 Å². The molecule has 0 saturated carbocycles. The highest BCUT2D eigenvalue weighted by atomic mass is 19.4. The molecule has 16 heteroatoms. The van der Waals surface area contributed by atoms with Crippen molar-refractivity contribution in [3.8, 4) is 11.3 Å². The third kappa shape index (κ3) is 9.71. The fraction of sp³-hybridized carbons (Fsp3) is 0.423. The maximum atomic E-state index is 13.2. The van der Waals surface area contributed by atoms with Crippen molar-refractivity contribution in [1.82, 2.24) is 25.0 Å². The van der Waals surface area contributed by atoms with Crippen LogP contribution in [0.4, 0.5) is 26.3 Å². The number of alkyl halides is 6. The largest absolute Gasteiger partial charge is 0.490 e. The van der Waals surface area contributed by atoms with Crippen LogP contribution in [0.25, 0.3) is 16.8 Å². The average Bonchev–Trinajstić information content (AvgIpc) is 3.22. The van der Waals surface area contributed by atoms with Gasteiger partial charge in [0.15, 0.2) is 0 Å². The zero-order valence-corrected chi connectivity index (χ0v) is 22.8. The maximum absolute atomic E-state index is 13.2. The van der Waals surface area contributed by atoms with Gasteiger partial charge in [-0.3, -0.25) is 14.2 Å². The average molecular weight is 606 g/mol. The molecule has 0 atom stereocenters. The zero-order valence-electron chi connectivity index (χ0n) is 22.8. The van der Waals surface area contributed by atoms with Crippen LogP contribution in [0.1, 0.15) is 51.2 Å². The van der Waals surface area contributed by atoms with Crippen LogP contribution in [0.5, 0.6) is 0 Å². The normalized spacial score (nSPS) is 16.3. The van der Waals surface area contributed by atoms with Gasteiger partial charge in [0.1, 0.15) is 0 Å². The van der Waals surface area contributed by atoms with E-state index < -0.39 is 24.3 Å². The predicted molar refractivity (Wildman–Crippen MR) is 138 cm³/mol. The molecule has 1 saturated heterocycles. The standard InChI is InChI=1S/C22H27N5O.2C2HF3O2/c1-21(2)13-16(14-22(3,4)26-21)24-20(28)19-25-18(15-8-10-23-11-9-15)17-7-5-6-12-27(17)19;2*3-2(4,5)1(6)7/h5-12,16,26H,13-14H2,1-4H3,(H,24,28);2*(H,6,7). The molecule has 1 amide bonds. The Bertz CT molecular complexity index is 1360. The molecular formula is C26H29F6N5O5. The Morgan fingerprint density at radius 2 is 1.38 bits per heavy atom. The van der Waals surface area contributed by atoms with Gasteiger partial charge >= 0.3 is 24.3 Å². The zero-order chi connectivity index (χ0) is 32.1. The van der Waals surface area contributed by atoms with Crippen molar-refractivity contribution in [3.63, 3.8) is 0 Å². The number of aliphatic carboxylic acids is 2. The SMILES string of the molecule is CC1(C)CC(NC(=O)c2nc(-c3ccncc3)c3ccccn23)CC(C)(C)N1.O=C(O)C(F)(F)F.O=C(O)C(F)(F)F. The summed E-state index contributed by atoms with van der Waals surface area (Å²) in [7, 11) is 0. The molecule has 1 fully saturated rings. The number of carboxylic acid groups (broad SMARTS) is 2. The highest BCUT2D eigenvalue weighted by Crippen LogP contribution is 2.29. The molecule has 4 rings (SSSR count). The first kappa shape index (κ1) is 34.0. The van der Waals surface area contributed by atoms with Gasteiger partial charge < -0.3 is 20.8 Å². The molecule has 0 bridgehead atoms. The molecule has 0 aliphatic carbocycles. The minimum absolute atomic E-state index is 0.0312. The maximum Gasteiger partial charge on any atom is 0.490 e. The number of piperidine rings is 1. The van der Waals surface area contributed by atoms with E-state index in [2.05, 4.69) is 43.3 Å². The number of hydrogen-bond donors (Lipinski definition) is 4. The summed E-state index contributed by atoms with van der Waals surface area (Å²) in [5.74, 6) is -5.24. The van der Waals surface area contributed by atoms with Gasteiger partial charge in [0, 0.05) is 41.3 Å². The molecule has 42 heavy (non-hydrogen) atoms. The number of carbonyl (C=O) groups excluding carboxylic acids is 1. The van der Waals surface area contributed by atoms with Gasteiger partial charge in [0.25, 0.3) is 5.91 Å². The number of halogens is 6. The molecular weight excluding hydrogens is 576 g/mol. The van der Waals surface area contributed by atoms with Crippen molar-refractivity contribution in [1.29, 1.82) is 0 Å². The predicted octanol–water partition coefficient (Wildman–Crippen LogP) is 4.70. The second-order valence-electron chi connectivity index (χ2n) is 10.6. The van der Waals surface area contributed by atoms with Gasteiger partial charge in [-0.05, 0) is 64.8 Å². The first-order valence-electron chi connectivity index (χ1n) is 12.2. The first-order valence-corrected chi connectivity index (χ1v) is 12.2. The number of hydrogen-bond acceptors (Lipinski definition) is 6. The van der Waals surface area contributed by atoms with Gasteiger partial charge in [0.05, 0.1) is 11.2 Å². The summed E-state index contributed by atoms with van der Waals surface area (Å²) in [5, 5.41) is 21.1. The topological polar surface area (TPSA) is 146 Å². The Kier molecular flexibility index (Phi) is 10.3. The van der Waals surface area contributed by atoms with E-state index in [-0.39, 0.29) is 23.0 Å².